The van der Waals surface area contributed by atoms with Gasteiger partial charge in [0.1, 0.15) is 0 Å². The van der Waals surface area contributed by atoms with Crippen molar-refractivity contribution in [2.24, 2.45) is 0 Å². The van der Waals surface area contributed by atoms with E-state index in [1.165, 1.54) is 0 Å². The summed E-state index contributed by atoms with van der Waals surface area (Å²) >= 11 is 0. The zero-order valence-corrected chi connectivity index (χ0v) is 12.4. The van der Waals surface area contributed by atoms with Crippen molar-refractivity contribution in [2.45, 2.75) is 29.9 Å². The maximum absolute atomic E-state index is 12.1. The molecule has 1 aromatic carbocycles. The summed E-state index contributed by atoms with van der Waals surface area (Å²) in [7, 11) is -3.29. The number of aliphatic hydroxyl groups is 2. The van der Waals surface area contributed by atoms with Gasteiger partial charge in [0.25, 0.3) is 0 Å². The van der Waals surface area contributed by atoms with Crippen LogP contribution >= 0.6 is 0 Å². The predicted molar refractivity (Wildman–Crippen MR) is 76.2 cm³/mol. The fraction of sp³-hybridized carbons (Fsp3) is 0.571. The Morgan fingerprint density at radius 1 is 1.35 bits per heavy atom. The third-order valence-electron chi connectivity index (χ3n) is 3.86. The molecule has 0 radical (unpaired) electrons. The molecule has 0 amide bonds. The van der Waals surface area contributed by atoms with Crippen molar-refractivity contribution in [2.75, 3.05) is 25.4 Å². The van der Waals surface area contributed by atoms with Gasteiger partial charge in [0, 0.05) is 19.6 Å². The predicted octanol–water partition coefficient (Wildman–Crippen LogP) is 0.278. The Balaban J connectivity index is 1.93. The lowest BCUT2D eigenvalue weighted by Gasteiger charge is -2.39. The second-order valence-electron chi connectivity index (χ2n) is 5.56. The molecule has 1 aliphatic heterocycles. The van der Waals surface area contributed by atoms with E-state index >= 15 is 0 Å². The van der Waals surface area contributed by atoms with E-state index in [0.717, 1.165) is 0 Å². The van der Waals surface area contributed by atoms with Crippen molar-refractivity contribution in [1.29, 1.82) is 0 Å². The minimum absolute atomic E-state index is 0.0197. The molecular formula is C14H21NO4S. The van der Waals surface area contributed by atoms with Crippen molar-refractivity contribution in [3.05, 3.63) is 30.3 Å². The van der Waals surface area contributed by atoms with Crippen LogP contribution in [0.4, 0.5) is 0 Å². The third-order valence-corrected chi connectivity index (χ3v) is 5.57. The Hall–Kier alpha value is -0.950. The summed E-state index contributed by atoms with van der Waals surface area (Å²) in [6.07, 6.45) is -0.393. The molecule has 2 rings (SSSR count). The molecule has 5 nitrogen and oxygen atoms in total. The molecule has 1 aromatic rings. The first kappa shape index (κ1) is 15.4. The second kappa shape index (κ2) is 5.81. The number of piperidine rings is 1. The van der Waals surface area contributed by atoms with E-state index in [1.807, 2.05) is 4.90 Å². The van der Waals surface area contributed by atoms with Gasteiger partial charge in [0.15, 0.2) is 9.84 Å². The van der Waals surface area contributed by atoms with E-state index in [-0.39, 0.29) is 5.75 Å². The summed E-state index contributed by atoms with van der Waals surface area (Å²) in [5.41, 5.74) is -1.07. The van der Waals surface area contributed by atoms with Gasteiger partial charge in [0.2, 0.25) is 0 Å². The summed E-state index contributed by atoms with van der Waals surface area (Å²) in [5.74, 6) is 0.0197. The molecule has 20 heavy (non-hydrogen) atoms. The van der Waals surface area contributed by atoms with Gasteiger partial charge in [-0.05, 0) is 25.5 Å². The van der Waals surface area contributed by atoms with Crippen molar-refractivity contribution in [3.63, 3.8) is 0 Å². The van der Waals surface area contributed by atoms with Crippen molar-refractivity contribution in [3.8, 4) is 0 Å². The van der Waals surface area contributed by atoms with Gasteiger partial charge in [-0.3, -0.25) is 4.90 Å². The molecule has 1 aliphatic rings. The molecule has 6 heteroatoms. The highest BCUT2D eigenvalue weighted by atomic mass is 32.2. The van der Waals surface area contributed by atoms with Gasteiger partial charge in [-0.15, -0.1) is 0 Å². The van der Waals surface area contributed by atoms with Gasteiger partial charge in [-0.1, -0.05) is 18.2 Å². The first-order chi connectivity index (χ1) is 9.31. The van der Waals surface area contributed by atoms with Gasteiger partial charge >= 0.3 is 0 Å². The maximum atomic E-state index is 12.1. The van der Waals surface area contributed by atoms with Crippen LogP contribution in [0.1, 0.15) is 13.3 Å². The highest BCUT2D eigenvalue weighted by Crippen LogP contribution is 2.22. The Morgan fingerprint density at radius 3 is 2.60 bits per heavy atom. The molecule has 2 N–H and O–H groups in total. The quantitative estimate of drug-likeness (QED) is 0.835. The molecule has 0 unspecified atom stereocenters. The van der Waals surface area contributed by atoms with Crippen LogP contribution in [0.2, 0.25) is 0 Å². The van der Waals surface area contributed by atoms with Crippen LogP contribution in [0.3, 0.4) is 0 Å². The molecule has 1 saturated heterocycles. The van der Waals surface area contributed by atoms with Gasteiger partial charge < -0.3 is 10.2 Å². The smallest absolute Gasteiger partial charge is 0.179 e. The zero-order chi connectivity index (χ0) is 14.8. The average molecular weight is 299 g/mol. The van der Waals surface area contributed by atoms with E-state index in [9.17, 15) is 18.6 Å². The maximum Gasteiger partial charge on any atom is 0.179 e. The lowest BCUT2D eigenvalue weighted by atomic mass is 9.91. The summed E-state index contributed by atoms with van der Waals surface area (Å²) in [6, 6.07) is 8.36. The summed E-state index contributed by atoms with van der Waals surface area (Å²) in [5, 5.41) is 19.7. The lowest BCUT2D eigenvalue weighted by Crippen LogP contribution is -2.54. The summed E-state index contributed by atoms with van der Waals surface area (Å²) in [4.78, 5) is 2.20. The van der Waals surface area contributed by atoms with Crippen molar-refractivity contribution < 1.29 is 18.6 Å². The fourth-order valence-electron chi connectivity index (χ4n) is 2.28. The van der Waals surface area contributed by atoms with Gasteiger partial charge in [0.05, 0.1) is 22.4 Å². The van der Waals surface area contributed by atoms with Crippen molar-refractivity contribution >= 4 is 9.84 Å². The highest BCUT2D eigenvalue weighted by molar-refractivity contribution is 7.91. The number of aliphatic hydroxyl groups excluding tert-OH is 1. The number of β-amino-alcohol motifs (C(OH)–C–C–N with tert-alkyl or cyclic N) is 1. The molecular weight excluding hydrogens is 278 g/mol. The number of hydrogen-bond acceptors (Lipinski definition) is 5. The Bertz CT molecular complexity index is 542. The number of nitrogens with zero attached hydrogens (tertiary/aromatic N) is 1. The van der Waals surface area contributed by atoms with Crippen LogP contribution in [0.25, 0.3) is 0 Å². The van der Waals surface area contributed by atoms with Crippen LogP contribution < -0.4 is 0 Å². The molecule has 1 heterocycles. The van der Waals surface area contributed by atoms with Crippen LogP contribution in [0, 0.1) is 0 Å². The van der Waals surface area contributed by atoms with Gasteiger partial charge in [-0.25, -0.2) is 8.42 Å². The van der Waals surface area contributed by atoms with Crippen LogP contribution in [0.15, 0.2) is 35.2 Å². The molecule has 0 bridgehead atoms. The van der Waals surface area contributed by atoms with Crippen LogP contribution in [-0.2, 0) is 9.84 Å². The SMILES string of the molecule is C[C@@]1(O)CCN(CCS(=O)(=O)c2ccccc2)C[C@@H]1O. The topological polar surface area (TPSA) is 77.8 Å². The van der Waals surface area contributed by atoms with E-state index in [2.05, 4.69) is 0 Å². The minimum Gasteiger partial charge on any atom is -0.389 e. The first-order valence-electron chi connectivity index (χ1n) is 6.72. The number of likely N-dealkylation sites (tertiary alicyclic amines) is 1. The molecule has 0 spiro atoms. The van der Waals surface area contributed by atoms with Gasteiger partial charge in [-0.2, -0.15) is 0 Å². The van der Waals surface area contributed by atoms with E-state index in [4.69, 9.17) is 0 Å². The minimum atomic E-state index is -3.29. The normalized spacial score (nSPS) is 28.4. The zero-order valence-electron chi connectivity index (χ0n) is 11.6. The Morgan fingerprint density at radius 2 is 2.00 bits per heavy atom. The largest absolute Gasteiger partial charge is 0.389 e. The van der Waals surface area contributed by atoms with Crippen LogP contribution in [-0.4, -0.2) is 60.6 Å². The molecule has 0 saturated carbocycles. The third kappa shape index (κ3) is 3.58. The first-order valence-corrected chi connectivity index (χ1v) is 8.37. The summed E-state index contributed by atoms with van der Waals surface area (Å²) in [6.45, 7) is 2.87. The lowest BCUT2D eigenvalue weighted by molar-refractivity contribution is -0.106. The number of hydrogen-bond donors (Lipinski definition) is 2. The second-order valence-corrected chi connectivity index (χ2v) is 7.66. The molecule has 0 aromatic heterocycles. The van der Waals surface area contributed by atoms with E-state index in [1.54, 1.807) is 37.3 Å². The Kier molecular flexibility index (Phi) is 4.49. The fourth-order valence-corrected chi connectivity index (χ4v) is 3.59. The number of benzene rings is 1. The standard InChI is InChI=1S/C14H21NO4S/c1-14(17)7-8-15(11-13(14)16)9-10-20(18,19)12-5-3-2-4-6-12/h2-6,13,16-17H,7-11H2,1H3/t13-,14+/m0/s1. The molecule has 112 valence electrons. The molecule has 0 aliphatic carbocycles. The average Bonchev–Trinajstić information content (AvgIpc) is 2.41. The van der Waals surface area contributed by atoms with Crippen LogP contribution in [0.5, 0.6) is 0 Å². The highest BCUT2D eigenvalue weighted by Gasteiger charge is 2.36. The number of sulfone groups is 1. The number of rotatable bonds is 4. The summed E-state index contributed by atoms with van der Waals surface area (Å²) < 4.78 is 24.3. The molecule has 2 atom stereocenters. The van der Waals surface area contributed by atoms with E-state index < -0.39 is 21.5 Å². The monoisotopic (exact) mass is 299 g/mol. The van der Waals surface area contributed by atoms with Crippen molar-refractivity contribution in [1.82, 2.24) is 4.90 Å². The molecule has 1 fully saturated rings. The Labute approximate surface area is 119 Å². The van der Waals surface area contributed by atoms with E-state index in [0.29, 0.717) is 31.0 Å².